The Balaban J connectivity index is 1.26. The van der Waals surface area contributed by atoms with Crippen molar-refractivity contribution in [1.29, 1.82) is 0 Å². The number of rotatable bonds is 12. The molecule has 46 heavy (non-hydrogen) atoms. The molecule has 0 aliphatic carbocycles. The van der Waals surface area contributed by atoms with Crippen molar-refractivity contribution in [3.63, 3.8) is 0 Å². The van der Waals surface area contributed by atoms with E-state index < -0.39 is 0 Å². The van der Waals surface area contributed by atoms with E-state index in [1.165, 1.54) is 0 Å². The minimum Gasteiger partial charge on any atom is -0.488 e. The molecule has 10 heteroatoms. The molecule has 2 amide bonds. The van der Waals surface area contributed by atoms with Crippen molar-refractivity contribution in [2.75, 3.05) is 64.9 Å². The van der Waals surface area contributed by atoms with Gasteiger partial charge >= 0.3 is 0 Å². The first-order chi connectivity index (χ1) is 22.3. The normalized spacial score (nSPS) is 19.5. The monoisotopic (exact) mass is 630 g/mol. The molecule has 0 unspecified atom stereocenters. The lowest BCUT2D eigenvalue weighted by Gasteiger charge is -2.38. The highest BCUT2D eigenvalue weighted by atomic mass is 16.5. The number of aliphatic hydroxyl groups is 1. The summed E-state index contributed by atoms with van der Waals surface area (Å²) in [6, 6.07) is 22.6. The number of carbonyl (C=O) groups is 2. The van der Waals surface area contributed by atoms with E-state index in [1.807, 2.05) is 49.4 Å². The number of carbonyl (C=O) groups excluding carboxylic acids is 2. The molecule has 246 valence electrons. The average Bonchev–Trinajstić information content (AvgIpc) is 3.07. The van der Waals surface area contributed by atoms with E-state index in [1.54, 1.807) is 23.1 Å². The molecule has 0 bridgehead atoms. The van der Waals surface area contributed by atoms with E-state index >= 15 is 0 Å². The van der Waals surface area contributed by atoms with Gasteiger partial charge in [-0.2, -0.15) is 0 Å². The number of anilines is 1. The SMILES string of the molecule is C[C@@H]1CN([C@@H](C)CO)C(=O)c2cc(NC(=O)CCN3CCOCC3)ccc2O[C@@H]1CN(C)Cc1ccc(Oc2ccccc2)cc1. The van der Waals surface area contributed by atoms with Crippen LogP contribution in [0.3, 0.4) is 0 Å². The third-order valence-corrected chi connectivity index (χ3v) is 8.55. The minimum absolute atomic E-state index is 0.00485. The molecule has 2 N–H and O–H groups in total. The predicted octanol–water partition coefficient (Wildman–Crippen LogP) is 4.49. The fourth-order valence-electron chi connectivity index (χ4n) is 5.80. The molecule has 2 aliphatic rings. The van der Waals surface area contributed by atoms with Crippen LogP contribution in [0, 0.1) is 5.92 Å². The van der Waals surface area contributed by atoms with E-state index in [0.29, 0.717) is 62.8 Å². The van der Waals surface area contributed by atoms with Gasteiger partial charge in [-0.05, 0) is 62.0 Å². The number of morpholine rings is 1. The van der Waals surface area contributed by atoms with Gasteiger partial charge in [0.2, 0.25) is 5.91 Å². The Hall–Kier alpha value is -3.96. The number of nitrogens with one attached hydrogen (secondary N) is 1. The number of amides is 2. The predicted molar refractivity (Wildman–Crippen MR) is 177 cm³/mol. The molecule has 3 atom stereocenters. The lowest BCUT2D eigenvalue weighted by Crippen LogP contribution is -2.49. The summed E-state index contributed by atoms with van der Waals surface area (Å²) < 4.78 is 17.9. The Morgan fingerprint density at radius 1 is 1.07 bits per heavy atom. The summed E-state index contributed by atoms with van der Waals surface area (Å²) in [6.45, 7) is 9.19. The van der Waals surface area contributed by atoms with Crippen LogP contribution in [0.1, 0.15) is 36.2 Å². The van der Waals surface area contributed by atoms with Crippen molar-refractivity contribution in [3.05, 3.63) is 83.9 Å². The Labute approximate surface area is 271 Å². The largest absolute Gasteiger partial charge is 0.488 e. The number of ether oxygens (including phenoxy) is 3. The zero-order valence-corrected chi connectivity index (χ0v) is 27.1. The maximum Gasteiger partial charge on any atom is 0.258 e. The molecule has 0 spiro atoms. The lowest BCUT2D eigenvalue weighted by atomic mass is 9.99. The second-order valence-corrected chi connectivity index (χ2v) is 12.3. The Morgan fingerprint density at radius 3 is 2.50 bits per heavy atom. The fraction of sp³-hybridized carbons (Fsp3) is 0.444. The van der Waals surface area contributed by atoms with E-state index in [0.717, 1.165) is 30.2 Å². The zero-order valence-electron chi connectivity index (χ0n) is 27.1. The highest BCUT2D eigenvalue weighted by Crippen LogP contribution is 2.31. The van der Waals surface area contributed by atoms with Crippen LogP contribution < -0.4 is 14.8 Å². The Morgan fingerprint density at radius 2 is 1.78 bits per heavy atom. The van der Waals surface area contributed by atoms with E-state index in [2.05, 4.69) is 41.2 Å². The van der Waals surface area contributed by atoms with Gasteiger partial charge in [0.15, 0.2) is 0 Å². The van der Waals surface area contributed by atoms with Crippen LogP contribution in [0.2, 0.25) is 0 Å². The third kappa shape index (κ3) is 9.07. The van der Waals surface area contributed by atoms with E-state index in [-0.39, 0.29) is 36.5 Å². The molecule has 3 aromatic carbocycles. The van der Waals surface area contributed by atoms with Crippen LogP contribution in [0.15, 0.2) is 72.8 Å². The van der Waals surface area contributed by atoms with Gasteiger partial charge in [-0.25, -0.2) is 0 Å². The van der Waals surface area contributed by atoms with Gasteiger partial charge in [0.05, 0.1) is 31.4 Å². The van der Waals surface area contributed by atoms with Gasteiger partial charge in [0.25, 0.3) is 5.91 Å². The number of aliphatic hydroxyl groups excluding tert-OH is 1. The molecule has 1 fully saturated rings. The van der Waals surface area contributed by atoms with Crippen LogP contribution in [-0.4, -0.2) is 103 Å². The number of hydrogen-bond acceptors (Lipinski definition) is 8. The number of nitrogens with zero attached hydrogens (tertiary/aromatic N) is 3. The number of fused-ring (bicyclic) bond motifs is 1. The molecule has 1 saturated heterocycles. The van der Waals surface area contributed by atoms with Gasteiger partial charge < -0.3 is 29.5 Å². The molecule has 0 aromatic heterocycles. The Bertz CT molecular complexity index is 1430. The molecule has 0 radical (unpaired) electrons. The molecule has 5 rings (SSSR count). The minimum atomic E-state index is -0.373. The van der Waals surface area contributed by atoms with Crippen molar-refractivity contribution in [3.8, 4) is 17.2 Å². The van der Waals surface area contributed by atoms with Gasteiger partial charge in [0.1, 0.15) is 23.4 Å². The van der Waals surface area contributed by atoms with E-state index in [4.69, 9.17) is 14.2 Å². The van der Waals surface area contributed by atoms with Crippen LogP contribution in [0.4, 0.5) is 5.69 Å². The standard InChI is InChI=1S/C36H46N4O6/c1-26-22-40(27(2)25-41)36(43)32-21-29(37-35(42)15-16-39-17-19-44-20-18-39)11-14-33(32)46-34(26)24-38(3)23-28-9-12-31(13-10-28)45-30-7-5-4-6-8-30/h4-14,21,26-27,34,41H,15-20,22-25H2,1-3H3,(H,37,42)/t26-,27+,34-/m1/s1. The van der Waals surface area contributed by atoms with Gasteiger partial charge in [0, 0.05) is 57.3 Å². The molecule has 0 saturated carbocycles. The number of para-hydroxylation sites is 1. The summed E-state index contributed by atoms with van der Waals surface area (Å²) in [4.78, 5) is 32.7. The lowest BCUT2D eigenvalue weighted by molar-refractivity contribution is -0.116. The maximum atomic E-state index is 13.8. The summed E-state index contributed by atoms with van der Waals surface area (Å²) >= 11 is 0. The van der Waals surface area contributed by atoms with Crippen molar-refractivity contribution in [2.45, 2.75) is 39.0 Å². The van der Waals surface area contributed by atoms with Gasteiger partial charge in [-0.15, -0.1) is 0 Å². The van der Waals surface area contributed by atoms with Crippen LogP contribution >= 0.6 is 0 Å². The first-order valence-corrected chi connectivity index (χ1v) is 16.1. The number of hydrogen-bond donors (Lipinski definition) is 2. The second-order valence-electron chi connectivity index (χ2n) is 12.3. The number of likely N-dealkylation sites (N-methyl/N-ethyl adjacent to an activating group) is 1. The molecule has 10 nitrogen and oxygen atoms in total. The molecule has 2 heterocycles. The molecule has 3 aromatic rings. The van der Waals surface area contributed by atoms with Crippen molar-refractivity contribution >= 4 is 17.5 Å². The first-order valence-electron chi connectivity index (χ1n) is 16.1. The van der Waals surface area contributed by atoms with Gasteiger partial charge in [-0.1, -0.05) is 37.3 Å². The third-order valence-electron chi connectivity index (χ3n) is 8.55. The highest BCUT2D eigenvalue weighted by molar-refractivity contribution is 6.00. The summed E-state index contributed by atoms with van der Waals surface area (Å²) in [5, 5.41) is 13.0. The maximum absolute atomic E-state index is 13.8. The summed E-state index contributed by atoms with van der Waals surface area (Å²) in [5.41, 5.74) is 2.06. The van der Waals surface area contributed by atoms with Crippen LogP contribution in [0.5, 0.6) is 17.2 Å². The van der Waals surface area contributed by atoms with E-state index in [9.17, 15) is 14.7 Å². The smallest absolute Gasteiger partial charge is 0.258 e. The fourth-order valence-corrected chi connectivity index (χ4v) is 5.80. The summed E-state index contributed by atoms with van der Waals surface area (Å²) in [6.07, 6.45) is 0.129. The Kier molecular flexibility index (Phi) is 11.7. The molecular formula is C36H46N4O6. The average molecular weight is 631 g/mol. The summed E-state index contributed by atoms with van der Waals surface area (Å²) in [5.74, 6) is 1.70. The van der Waals surface area contributed by atoms with Crippen molar-refractivity contribution in [2.24, 2.45) is 5.92 Å². The quantitative estimate of drug-likeness (QED) is 0.302. The van der Waals surface area contributed by atoms with Crippen molar-refractivity contribution in [1.82, 2.24) is 14.7 Å². The second kappa shape index (κ2) is 16.0. The highest BCUT2D eigenvalue weighted by Gasteiger charge is 2.33. The zero-order chi connectivity index (χ0) is 32.5. The number of benzene rings is 3. The van der Waals surface area contributed by atoms with Crippen molar-refractivity contribution < 1.29 is 28.9 Å². The first kappa shape index (κ1) is 33.4. The van der Waals surface area contributed by atoms with Crippen LogP contribution in [-0.2, 0) is 16.1 Å². The topological polar surface area (TPSA) is 104 Å². The molecular weight excluding hydrogens is 584 g/mol. The van der Waals surface area contributed by atoms with Crippen LogP contribution in [0.25, 0.3) is 0 Å². The molecule has 2 aliphatic heterocycles. The summed E-state index contributed by atoms with van der Waals surface area (Å²) in [7, 11) is 2.05. The van der Waals surface area contributed by atoms with Gasteiger partial charge in [-0.3, -0.25) is 19.4 Å².